The predicted molar refractivity (Wildman–Crippen MR) is 71.6 cm³/mol. The van der Waals surface area contributed by atoms with E-state index in [4.69, 9.17) is 22.9 Å². The van der Waals surface area contributed by atoms with Crippen LogP contribution in [-0.2, 0) is 6.18 Å². The Balaban J connectivity index is 2.67. The third-order valence-corrected chi connectivity index (χ3v) is 3.36. The van der Waals surface area contributed by atoms with Gasteiger partial charge in [-0.05, 0) is 24.4 Å². The Hall–Kier alpha value is -2.14. The lowest BCUT2D eigenvalue weighted by Crippen LogP contribution is -2.33. The molecule has 1 saturated heterocycles. The highest BCUT2D eigenvalue weighted by atomic mass is 32.1. The van der Waals surface area contributed by atoms with E-state index in [2.05, 4.69) is 0 Å². The molecule has 1 heterocycles. The number of halogens is 3. The zero-order chi connectivity index (χ0) is 15.1. The molecule has 0 unspecified atom stereocenters. The lowest BCUT2D eigenvalue weighted by molar-refractivity contribution is -0.137. The first-order valence-electron chi connectivity index (χ1n) is 5.50. The molecule has 0 radical (unpaired) electrons. The molecule has 2 rings (SSSR count). The van der Waals surface area contributed by atoms with Gasteiger partial charge in [-0.1, -0.05) is 6.07 Å². The number of alkyl halides is 3. The molecule has 0 amide bonds. The van der Waals surface area contributed by atoms with Gasteiger partial charge in [0, 0.05) is 7.05 Å². The Morgan fingerprint density at radius 2 is 2.05 bits per heavy atom. The third-order valence-electron chi connectivity index (χ3n) is 2.86. The first-order valence-corrected chi connectivity index (χ1v) is 5.91. The maximum Gasteiger partial charge on any atom is 0.419 e. The summed E-state index contributed by atoms with van der Waals surface area (Å²) in [5.41, 5.74) is -1.83. The van der Waals surface area contributed by atoms with Gasteiger partial charge in [0.2, 0.25) is 0 Å². The van der Waals surface area contributed by atoms with Crippen molar-refractivity contribution < 1.29 is 13.2 Å². The van der Waals surface area contributed by atoms with Gasteiger partial charge in [-0.15, -0.1) is 0 Å². The van der Waals surface area contributed by atoms with Crippen LogP contribution in [0.4, 0.5) is 18.9 Å². The predicted octanol–water partition coefficient (Wildman–Crippen LogP) is 2.59. The Bertz CT molecular complexity index is 633. The van der Waals surface area contributed by atoms with Crippen LogP contribution in [0.25, 0.3) is 0 Å². The van der Waals surface area contributed by atoms with Gasteiger partial charge in [-0.25, -0.2) is 0 Å². The van der Waals surface area contributed by atoms with Crippen LogP contribution in [0.2, 0.25) is 0 Å². The number of amidine groups is 1. The quantitative estimate of drug-likeness (QED) is 0.810. The van der Waals surface area contributed by atoms with Crippen LogP contribution in [0, 0.1) is 16.7 Å². The summed E-state index contributed by atoms with van der Waals surface area (Å²) >= 11 is 5.04. The molecule has 0 atom stereocenters. The van der Waals surface area contributed by atoms with Crippen LogP contribution in [0.1, 0.15) is 11.1 Å². The second kappa shape index (κ2) is 4.76. The Morgan fingerprint density at radius 1 is 1.40 bits per heavy atom. The van der Waals surface area contributed by atoms with Gasteiger partial charge in [0.1, 0.15) is 5.84 Å². The zero-order valence-corrected chi connectivity index (χ0v) is 11.1. The lowest BCUT2D eigenvalue weighted by Gasteiger charge is -2.23. The molecule has 4 nitrogen and oxygen atoms in total. The number of hydrogen-bond acceptors (Lipinski definition) is 3. The van der Waals surface area contributed by atoms with E-state index in [1.807, 2.05) is 0 Å². The summed E-state index contributed by atoms with van der Waals surface area (Å²) < 4.78 is 39.6. The van der Waals surface area contributed by atoms with E-state index >= 15 is 0 Å². The van der Waals surface area contributed by atoms with Crippen LogP contribution < -0.4 is 4.90 Å². The lowest BCUT2D eigenvalue weighted by atomic mass is 10.0. The monoisotopic (exact) mass is 298 g/mol. The molecule has 1 fully saturated rings. The standard InChI is InChI=1S/C12H9F3N4S/c1-18-6-9(17)19(11(18)20)8-4-2-3-7(5-16)10(8)12(13,14)15/h2-4,17H,6H2,1H3. The number of thiocarbonyl (C=S) groups is 1. The number of benzene rings is 1. The molecular weight excluding hydrogens is 289 g/mol. The van der Waals surface area contributed by atoms with Crippen molar-refractivity contribution in [1.82, 2.24) is 4.90 Å². The van der Waals surface area contributed by atoms with E-state index < -0.39 is 17.3 Å². The van der Waals surface area contributed by atoms with Crippen molar-refractivity contribution >= 4 is 28.9 Å². The van der Waals surface area contributed by atoms with Crippen molar-refractivity contribution in [1.29, 1.82) is 10.7 Å². The molecule has 104 valence electrons. The van der Waals surface area contributed by atoms with Crippen molar-refractivity contribution in [3.8, 4) is 6.07 Å². The van der Waals surface area contributed by atoms with Gasteiger partial charge in [-0.3, -0.25) is 10.3 Å². The van der Waals surface area contributed by atoms with Gasteiger partial charge in [0.25, 0.3) is 0 Å². The second-order valence-corrected chi connectivity index (χ2v) is 4.60. The summed E-state index contributed by atoms with van der Waals surface area (Å²) in [5.74, 6) is -0.0573. The van der Waals surface area contributed by atoms with Crippen molar-refractivity contribution in [2.24, 2.45) is 0 Å². The van der Waals surface area contributed by atoms with Crippen molar-refractivity contribution in [3.05, 3.63) is 29.3 Å². The van der Waals surface area contributed by atoms with E-state index in [1.54, 1.807) is 7.05 Å². The second-order valence-electron chi connectivity index (χ2n) is 4.23. The Kier molecular flexibility index (Phi) is 3.39. The summed E-state index contributed by atoms with van der Waals surface area (Å²) in [6.45, 7) is 0.132. The topological polar surface area (TPSA) is 54.1 Å². The number of likely N-dealkylation sites (N-methyl/N-ethyl adjacent to an activating group) is 1. The molecular formula is C12H9F3N4S. The molecule has 1 aliphatic heterocycles. The minimum absolute atomic E-state index is 0.0573. The molecule has 0 aliphatic carbocycles. The van der Waals surface area contributed by atoms with E-state index in [1.165, 1.54) is 23.1 Å². The molecule has 1 aliphatic rings. The number of nitriles is 1. The number of rotatable bonds is 1. The molecule has 0 bridgehead atoms. The molecule has 8 heteroatoms. The third kappa shape index (κ3) is 2.20. The summed E-state index contributed by atoms with van der Waals surface area (Å²) in [6.07, 6.45) is -4.70. The average molecular weight is 298 g/mol. The van der Waals surface area contributed by atoms with Crippen LogP contribution in [0.5, 0.6) is 0 Å². The fraction of sp³-hybridized carbons (Fsp3) is 0.250. The van der Waals surface area contributed by atoms with Crippen LogP contribution in [-0.4, -0.2) is 29.4 Å². The van der Waals surface area contributed by atoms with E-state index in [9.17, 15) is 13.2 Å². The van der Waals surface area contributed by atoms with Crippen molar-refractivity contribution in [2.75, 3.05) is 18.5 Å². The summed E-state index contributed by atoms with van der Waals surface area (Å²) in [5, 5.41) is 16.8. The van der Waals surface area contributed by atoms with E-state index in [0.29, 0.717) is 0 Å². The van der Waals surface area contributed by atoms with Gasteiger partial charge >= 0.3 is 6.18 Å². The molecule has 1 N–H and O–H groups in total. The fourth-order valence-electron chi connectivity index (χ4n) is 2.02. The molecule has 1 aromatic rings. The number of anilines is 1. The highest BCUT2D eigenvalue weighted by Gasteiger charge is 2.41. The largest absolute Gasteiger partial charge is 0.419 e. The highest BCUT2D eigenvalue weighted by molar-refractivity contribution is 7.80. The molecule has 20 heavy (non-hydrogen) atoms. The number of nitrogens with one attached hydrogen (secondary N) is 1. The Morgan fingerprint density at radius 3 is 2.50 bits per heavy atom. The van der Waals surface area contributed by atoms with Crippen LogP contribution in [0.3, 0.4) is 0 Å². The summed E-state index contributed by atoms with van der Waals surface area (Å²) in [4.78, 5) is 2.54. The van der Waals surface area contributed by atoms with Crippen LogP contribution >= 0.6 is 12.2 Å². The highest BCUT2D eigenvalue weighted by Crippen LogP contribution is 2.40. The van der Waals surface area contributed by atoms with Crippen molar-refractivity contribution in [3.63, 3.8) is 0 Å². The normalized spacial score (nSPS) is 15.8. The SMILES string of the molecule is CN1CC(=N)N(c2cccc(C#N)c2C(F)(F)F)C1=S. The number of nitrogens with zero attached hydrogens (tertiary/aromatic N) is 3. The molecule has 0 aromatic heterocycles. The summed E-state index contributed by atoms with van der Waals surface area (Å²) in [6, 6.07) is 5.19. The summed E-state index contributed by atoms with van der Waals surface area (Å²) in [7, 11) is 1.60. The fourth-order valence-corrected chi connectivity index (χ4v) is 2.29. The van der Waals surface area contributed by atoms with Gasteiger partial charge in [0.05, 0.1) is 29.4 Å². The van der Waals surface area contributed by atoms with Crippen LogP contribution in [0.15, 0.2) is 18.2 Å². The smallest absolute Gasteiger partial charge is 0.344 e. The molecule has 0 spiro atoms. The minimum Gasteiger partial charge on any atom is -0.344 e. The first kappa shape index (κ1) is 14.3. The maximum atomic E-state index is 13.2. The van der Waals surface area contributed by atoms with Gasteiger partial charge in [-0.2, -0.15) is 18.4 Å². The molecule has 0 saturated carbocycles. The van der Waals surface area contributed by atoms with Crippen molar-refractivity contribution in [2.45, 2.75) is 6.18 Å². The first-order chi connectivity index (χ1) is 9.27. The Labute approximate surface area is 118 Å². The van der Waals surface area contributed by atoms with Gasteiger partial charge < -0.3 is 4.90 Å². The number of hydrogen-bond donors (Lipinski definition) is 1. The van der Waals surface area contributed by atoms with Gasteiger partial charge in [0.15, 0.2) is 5.11 Å². The van der Waals surface area contributed by atoms with E-state index in [-0.39, 0.29) is 23.2 Å². The zero-order valence-electron chi connectivity index (χ0n) is 10.3. The molecule has 1 aromatic carbocycles. The maximum absolute atomic E-state index is 13.2. The average Bonchev–Trinajstić information content (AvgIpc) is 2.61. The van der Waals surface area contributed by atoms with E-state index in [0.717, 1.165) is 11.0 Å². The minimum atomic E-state index is -4.70.